The van der Waals surface area contributed by atoms with E-state index in [9.17, 15) is 20.1 Å². The van der Waals surface area contributed by atoms with Crippen LogP contribution in [0.1, 0.15) is 28.9 Å². The molecule has 14 nitrogen and oxygen atoms in total. The molecule has 0 radical (unpaired) electrons. The lowest BCUT2D eigenvalue weighted by Crippen LogP contribution is -2.62. The van der Waals surface area contributed by atoms with Gasteiger partial charge in [-0.05, 0) is 36.4 Å². The number of aryl methyl sites for hydroxylation is 1. The average Bonchev–Trinajstić information content (AvgIpc) is 3.64. The Morgan fingerprint density at radius 3 is 2.50 bits per heavy atom. The molecule has 1 saturated carbocycles. The molecule has 1 fully saturated rings. The summed E-state index contributed by atoms with van der Waals surface area (Å²) in [6.07, 6.45) is -4.38. The second-order valence-corrected chi connectivity index (χ2v) is 11.0. The van der Waals surface area contributed by atoms with Crippen LogP contribution in [0.15, 0.2) is 47.4 Å². The Labute approximate surface area is 242 Å². The topological polar surface area (TPSA) is 192 Å². The zero-order valence-corrected chi connectivity index (χ0v) is 23.2. The fraction of sp³-hybridized carbons (Fsp3) is 0.333. The van der Waals surface area contributed by atoms with Gasteiger partial charge in [-0.25, -0.2) is 4.68 Å². The maximum absolute atomic E-state index is 13.9. The third kappa shape index (κ3) is 5.05. The van der Waals surface area contributed by atoms with Crippen molar-refractivity contribution in [3.05, 3.63) is 58.7 Å². The van der Waals surface area contributed by atoms with Gasteiger partial charge in [0.2, 0.25) is 0 Å². The van der Waals surface area contributed by atoms with E-state index in [1.54, 1.807) is 17.9 Å². The Balaban J connectivity index is 1.45. The molecular formula is C27H28N4O10S. The number of fused-ring (bicyclic) bond motifs is 3. The molecule has 0 saturated heterocycles. The molecule has 2 aliphatic rings. The zero-order chi connectivity index (χ0) is 30.0. The van der Waals surface area contributed by atoms with Crippen LogP contribution in [-0.4, -0.2) is 87.3 Å². The number of ether oxygens (including phenoxy) is 3. The monoisotopic (exact) mass is 600 g/mol. The summed E-state index contributed by atoms with van der Waals surface area (Å²) in [6, 6.07) is 6.39. The van der Waals surface area contributed by atoms with Crippen LogP contribution in [0.25, 0.3) is 28.1 Å². The van der Waals surface area contributed by atoms with Gasteiger partial charge in [0.15, 0.2) is 5.69 Å². The number of thiophene rings is 1. The molecule has 0 unspecified atom stereocenters. The van der Waals surface area contributed by atoms with Crippen LogP contribution in [0.3, 0.4) is 0 Å². The Morgan fingerprint density at radius 2 is 1.90 bits per heavy atom. The summed E-state index contributed by atoms with van der Waals surface area (Å²) in [5.74, 6) is 0.0624. The van der Waals surface area contributed by atoms with Crippen LogP contribution in [0, 0.1) is 0 Å². The Morgan fingerprint density at radius 1 is 1.14 bits per heavy atom. The van der Waals surface area contributed by atoms with Crippen LogP contribution < -0.4 is 9.47 Å². The van der Waals surface area contributed by atoms with Crippen molar-refractivity contribution >= 4 is 17.2 Å². The third-order valence-corrected chi connectivity index (χ3v) is 7.98. The van der Waals surface area contributed by atoms with E-state index < -0.39 is 30.3 Å². The standard InChI is InChI=1S/C27H28N4O10S/c1-29-5-3-14(11-29)18-9-19-22(10-21(18)39-2)40-12-20-23(28-31(24(19)20)15-4-6-42-13-15)25(32)30(26(33,34)35)16-7-17(8-16)41-27(36,37)38/h3-6,9-11,13,16-17,33-38H,7-8,12H2,1-2H3. The summed E-state index contributed by atoms with van der Waals surface area (Å²) in [4.78, 5) is 14.3. The first-order chi connectivity index (χ1) is 19.8. The van der Waals surface area contributed by atoms with Gasteiger partial charge in [0.1, 0.15) is 18.1 Å². The SMILES string of the molecule is COc1cc2c(cc1-c1ccn(C)c1)-c1c(c(C(=O)N(C3CC(OC(O)(O)O)C3)C(O)(O)O)nn1-c1ccsc1)CO2. The van der Waals surface area contributed by atoms with Gasteiger partial charge in [-0.15, -0.1) is 0 Å². The number of rotatable bonds is 8. The number of aliphatic hydroxyl groups is 6. The second kappa shape index (κ2) is 10.2. The molecular weight excluding hydrogens is 572 g/mol. The van der Waals surface area contributed by atoms with Gasteiger partial charge in [-0.3, -0.25) is 9.69 Å². The Bertz CT molecular complexity index is 1630. The number of carbonyl (C=O) groups excluding carboxylic acids is 1. The van der Waals surface area contributed by atoms with Crippen LogP contribution in [0.4, 0.5) is 0 Å². The molecule has 222 valence electrons. The zero-order valence-electron chi connectivity index (χ0n) is 22.4. The first kappa shape index (κ1) is 28.3. The first-order valence-electron chi connectivity index (χ1n) is 12.8. The van der Waals surface area contributed by atoms with Crippen molar-refractivity contribution in [2.75, 3.05) is 7.11 Å². The van der Waals surface area contributed by atoms with Crippen molar-refractivity contribution in [2.24, 2.45) is 7.05 Å². The van der Waals surface area contributed by atoms with E-state index >= 15 is 0 Å². The van der Waals surface area contributed by atoms with Gasteiger partial charge in [-0.1, -0.05) is 0 Å². The van der Waals surface area contributed by atoms with E-state index in [2.05, 4.69) is 9.84 Å². The number of aromatic nitrogens is 3. The number of carbonyl (C=O) groups is 1. The summed E-state index contributed by atoms with van der Waals surface area (Å²) in [7, 11) is 3.46. The van der Waals surface area contributed by atoms with Gasteiger partial charge in [0.05, 0.1) is 24.6 Å². The predicted octanol–water partition coefficient (Wildman–Crippen LogP) is 0.673. The number of nitrogens with zero attached hydrogens (tertiary/aromatic N) is 4. The Hall–Kier alpha value is -3.80. The van der Waals surface area contributed by atoms with E-state index in [0.717, 1.165) is 11.1 Å². The third-order valence-electron chi connectivity index (χ3n) is 7.31. The molecule has 1 aliphatic carbocycles. The normalized spacial score (nSPS) is 18.1. The molecule has 6 N–H and O–H groups in total. The fourth-order valence-electron chi connectivity index (χ4n) is 5.40. The summed E-state index contributed by atoms with van der Waals surface area (Å²) in [6.45, 7) is -0.0943. The highest BCUT2D eigenvalue weighted by molar-refractivity contribution is 7.08. The second-order valence-electron chi connectivity index (χ2n) is 10.2. The molecule has 42 heavy (non-hydrogen) atoms. The lowest BCUT2D eigenvalue weighted by molar-refractivity contribution is -0.473. The van der Waals surface area contributed by atoms with Crippen molar-refractivity contribution in [1.29, 1.82) is 0 Å². The summed E-state index contributed by atoms with van der Waals surface area (Å²) < 4.78 is 19.8. The molecule has 3 aromatic heterocycles. The number of hydrogen-bond donors (Lipinski definition) is 6. The molecule has 15 heteroatoms. The molecule has 4 aromatic rings. The van der Waals surface area contributed by atoms with Crippen LogP contribution >= 0.6 is 11.3 Å². The van der Waals surface area contributed by atoms with Crippen molar-refractivity contribution < 1.29 is 49.6 Å². The molecule has 1 aliphatic heterocycles. The average molecular weight is 601 g/mol. The van der Waals surface area contributed by atoms with Gasteiger partial charge >= 0.3 is 12.3 Å². The highest BCUT2D eigenvalue weighted by atomic mass is 32.1. The smallest absolute Gasteiger partial charge is 0.405 e. The molecule has 0 atom stereocenters. The first-order valence-corrected chi connectivity index (χ1v) is 13.8. The summed E-state index contributed by atoms with van der Waals surface area (Å²) >= 11 is 1.42. The van der Waals surface area contributed by atoms with Gasteiger partial charge < -0.3 is 49.4 Å². The van der Waals surface area contributed by atoms with Crippen molar-refractivity contribution in [3.8, 4) is 39.6 Å². The van der Waals surface area contributed by atoms with E-state index in [4.69, 9.17) is 24.8 Å². The van der Waals surface area contributed by atoms with E-state index in [1.807, 2.05) is 53.0 Å². The number of amides is 1. The van der Waals surface area contributed by atoms with E-state index in [1.165, 1.54) is 11.3 Å². The van der Waals surface area contributed by atoms with Crippen molar-refractivity contribution in [3.63, 3.8) is 0 Å². The summed E-state index contributed by atoms with van der Waals surface area (Å²) in [5, 5.41) is 66.1. The largest absolute Gasteiger partial charge is 0.496 e. The molecule has 4 heterocycles. The minimum absolute atomic E-state index is 0.0943. The predicted molar refractivity (Wildman–Crippen MR) is 145 cm³/mol. The van der Waals surface area contributed by atoms with Crippen LogP contribution in [0.2, 0.25) is 0 Å². The number of methoxy groups -OCH3 is 1. The molecule has 1 amide bonds. The number of hydrogen-bond acceptors (Lipinski definition) is 12. The van der Waals surface area contributed by atoms with Gasteiger partial charge in [0, 0.05) is 59.2 Å². The maximum atomic E-state index is 13.9. The molecule has 1 aromatic carbocycles. The lowest BCUT2D eigenvalue weighted by Gasteiger charge is -2.45. The minimum atomic E-state index is -3.58. The quantitative estimate of drug-likeness (QED) is 0.156. The molecule has 0 bridgehead atoms. The number of benzene rings is 1. The van der Waals surface area contributed by atoms with Crippen molar-refractivity contribution in [1.82, 2.24) is 19.2 Å². The van der Waals surface area contributed by atoms with E-state index in [-0.39, 0.29) is 25.1 Å². The van der Waals surface area contributed by atoms with Crippen LogP contribution in [-0.2, 0) is 18.4 Å². The summed E-state index contributed by atoms with van der Waals surface area (Å²) in [5.41, 5.74) is 3.63. The minimum Gasteiger partial charge on any atom is -0.496 e. The van der Waals surface area contributed by atoms with Gasteiger partial charge in [-0.2, -0.15) is 16.4 Å². The fourth-order valence-corrected chi connectivity index (χ4v) is 6.02. The lowest BCUT2D eigenvalue weighted by atomic mass is 9.87. The van der Waals surface area contributed by atoms with Crippen molar-refractivity contribution in [2.45, 2.75) is 43.9 Å². The highest BCUT2D eigenvalue weighted by Gasteiger charge is 2.49. The molecule has 0 spiro atoms. The van der Waals surface area contributed by atoms with Gasteiger partial charge in [0.25, 0.3) is 5.91 Å². The molecule has 6 rings (SSSR count). The Kier molecular flexibility index (Phi) is 6.87. The van der Waals surface area contributed by atoms with E-state index in [0.29, 0.717) is 38.9 Å². The van der Waals surface area contributed by atoms with Crippen LogP contribution in [0.5, 0.6) is 11.5 Å². The highest BCUT2D eigenvalue weighted by Crippen LogP contribution is 2.46. The maximum Gasteiger partial charge on any atom is 0.405 e.